The van der Waals surface area contributed by atoms with Crippen molar-refractivity contribution in [3.05, 3.63) is 102 Å². The molecule has 4 atom stereocenters. The maximum atomic E-state index is 5.57. The van der Waals surface area contributed by atoms with E-state index >= 15 is 0 Å². The van der Waals surface area contributed by atoms with Gasteiger partial charge in [-0.2, -0.15) is 0 Å². The number of methoxy groups -OCH3 is 1. The Kier molecular flexibility index (Phi) is 4.59. The van der Waals surface area contributed by atoms with Crippen LogP contribution in [0.25, 0.3) is 0 Å². The first kappa shape index (κ1) is 16.0. The van der Waals surface area contributed by atoms with Crippen LogP contribution in [-0.2, 0) is 4.74 Å². The van der Waals surface area contributed by atoms with Gasteiger partial charge in [0.15, 0.2) is 0 Å². The van der Waals surface area contributed by atoms with Crippen molar-refractivity contribution in [2.24, 2.45) is 0 Å². The van der Waals surface area contributed by atoms with Gasteiger partial charge in [0.2, 0.25) is 0 Å². The van der Waals surface area contributed by atoms with Crippen LogP contribution in [-0.4, -0.2) is 23.6 Å². The van der Waals surface area contributed by atoms with Crippen LogP contribution in [0.5, 0.6) is 0 Å². The van der Waals surface area contributed by atoms with Crippen molar-refractivity contribution in [3.8, 4) is 0 Å². The molecule has 0 spiro atoms. The van der Waals surface area contributed by atoms with Gasteiger partial charge in [-0.1, -0.05) is 60.7 Å². The fraction of sp³-hybridized carbons (Fsp3) is 0.227. The zero-order valence-corrected chi connectivity index (χ0v) is 14.3. The van der Waals surface area contributed by atoms with Crippen molar-refractivity contribution in [3.63, 3.8) is 0 Å². The Hall–Kier alpha value is -2.49. The minimum absolute atomic E-state index is 0.231. The third-order valence-corrected chi connectivity index (χ3v) is 4.91. The van der Waals surface area contributed by atoms with Gasteiger partial charge in [-0.15, -0.1) is 0 Å². The van der Waals surface area contributed by atoms with E-state index in [1.54, 1.807) is 7.11 Å². The van der Waals surface area contributed by atoms with E-state index in [9.17, 15) is 0 Å². The molecule has 0 radical (unpaired) electrons. The third kappa shape index (κ3) is 3.21. The average molecular weight is 330 g/mol. The summed E-state index contributed by atoms with van der Waals surface area (Å²) in [6.45, 7) is 0.676. The summed E-state index contributed by atoms with van der Waals surface area (Å²) in [5, 5.41) is 0. The summed E-state index contributed by atoms with van der Waals surface area (Å²) in [6, 6.07) is 26.6. The molecule has 0 amide bonds. The molecule has 1 aliphatic heterocycles. The second-order valence-corrected chi connectivity index (χ2v) is 6.41. The van der Waals surface area contributed by atoms with Crippen molar-refractivity contribution < 1.29 is 4.74 Å². The fourth-order valence-corrected chi connectivity index (χ4v) is 3.74. The van der Waals surface area contributed by atoms with E-state index in [1.807, 2.05) is 12.4 Å². The zero-order chi connectivity index (χ0) is 17.1. The summed E-state index contributed by atoms with van der Waals surface area (Å²) in [4.78, 5) is 6.72. The monoisotopic (exact) mass is 330 g/mol. The molecule has 0 saturated carbocycles. The number of aromatic nitrogens is 1. The van der Waals surface area contributed by atoms with E-state index in [1.165, 1.54) is 16.7 Å². The lowest BCUT2D eigenvalue weighted by atomic mass is 10.1. The van der Waals surface area contributed by atoms with Crippen LogP contribution in [0.4, 0.5) is 0 Å². The molecule has 4 rings (SSSR count). The topological polar surface area (TPSA) is 25.1 Å². The highest BCUT2D eigenvalue weighted by atomic mass is 16.5. The van der Waals surface area contributed by atoms with Crippen LogP contribution < -0.4 is 0 Å². The fourth-order valence-electron chi connectivity index (χ4n) is 3.74. The van der Waals surface area contributed by atoms with Gasteiger partial charge in [-0.25, -0.2) is 0 Å². The normalized spacial score (nSPS) is 23.2. The molecule has 2 heterocycles. The highest BCUT2D eigenvalue weighted by Crippen LogP contribution is 2.59. The first-order valence-corrected chi connectivity index (χ1v) is 8.66. The maximum absolute atomic E-state index is 5.57. The van der Waals surface area contributed by atoms with Crippen LogP contribution >= 0.6 is 0 Å². The molecule has 1 fully saturated rings. The number of hydrogen-bond donors (Lipinski definition) is 0. The molecule has 1 saturated heterocycles. The highest BCUT2D eigenvalue weighted by molar-refractivity contribution is 5.36. The zero-order valence-electron chi connectivity index (χ0n) is 14.3. The lowest BCUT2D eigenvalue weighted by molar-refractivity contribution is 0.135. The molecule has 126 valence electrons. The van der Waals surface area contributed by atoms with Gasteiger partial charge in [0.05, 0.1) is 24.7 Å². The van der Waals surface area contributed by atoms with E-state index in [0.717, 1.165) is 0 Å². The lowest BCUT2D eigenvalue weighted by Crippen LogP contribution is -2.16. The van der Waals surface area contributed by atoms with Gasteiger partial charge in [0, 0.05) is 19.5 Å². The molecule has 0 N–H and O–H groups in total. The SMILES string of the molecule is COC[C@@H](c1ccccc1)N1[C@H](c2ccccc2)[C@H]1c1ccncc1. The Labute approximate surface area is 148 Å². The van der Waals surface area contributed by atoms with Crippen molar-refractivity contribution in [2.75, 3.05) is 13.7 Å². The van der Waals surface area contributed by atoms with Gasteiger partial charge in [0.1, 0.15) is 0 Å². The smallest absolute Gasteiger partial charge is 0.0660 e. The summed E-state index contributed by atoms with van der Waals surface area (Å²) < 4.78 is 5.57. The van der Waals surface area contributed by atoms with Crippen LogP contribution in [0.15, 0.2) is 85.2 Å². The van der Waals surface area contributed by atoms with Crippen LogP contribution in [0.1, 0.15) is 34.8 Å². The first-order chi connectivity index (χ1) is 12.4. The average Bonchev–Trinajstić information content (AvgIpc) is 3.43. The van der Waals surface area contributed by atoms with E-state index in [-0.39, 0.29) is 6.04 Å². The second-order valence-electron chi connectivity index (χ2n) is 6.41. The molecule has 0 bridgehead atoms. The Bertz CT molecular complexity index is 747. The third-order valence-electron chi connectivity index (χ3n) is 4.91. The number of ether oxygens (including phenoxy) is 1. The molecule has 3 nitrogen and oxygen atoms in total. The highest BCUT2D eigenvalue weighted by Gasteiger charge is 2.53. The molecule has 1 unspecified atom stereocenters. The summed E-state index contributed by atoms with van der Waals surface area (Å²) in [5.41, 5.74) is 3.95. The Morgan fingerprint density at radius 1 is 0.840 bits per heavy atom. The summed E-state index contributed by atoms with van der Waals surface area (Å²) in [7, 11) is 1.78. The first-order valence-electron chi connectivity index (χ1n) is 8.66. The van der Waals surface area contributed by atoms with Crippen LogP contribution in [0.3, 0.4) is 0 Å². The van der Waals surface area contributed by atoms with Crippen molar-refractivity contribution in [1.82, 2.24) is 9.88 Å². The summed E-state index contributed by atoms with van der Waals surface area (Å²) >= 11 is 0. The number of rotatable bonds is 6. The molecule has 1 aliphatic rings. The quantitative estimate of drug-likeness (QED) is 0.619. The lowest BCUT2D eigenvalue weighted by Gasteiger charge is -2.20. The van der Waals surface area contributed by atoms with Crippen LogP contribution in [0, 0.1) is 0 Å². The largest absolute Gasteiger partial charge is 0.383 e. The van der Waals surface area contributed by atoms with Crippen molar-refractivity contribution in [2.45, 2.75) is 18.1 Å². The predicted octanol–water partition coefficient (Wildman–Crippen LogP) is 4.57. The number of pyridine rings is 1. The number of hydrogen-bond acceptors (Lipinski definition) is 3. The van der Waals surface area contributed by atoms with Crippen LogP contribution in [0.2, 0.25) is 0 Å². The van der Waals surface area contributed by atoms with Gasteiger partial charge >= 0.3 is 0 Å². The predicted molar refractivity (Wildman–Crippen MR) is 99.1 cm³/mol. The van der Waals surface area contributed by atoms with Gasteiger partial charge < -0.3 is 4.74 Å². The van der Waals surface area contributed by atoms with Gasteiger partial charge in [0.25, 0.3) is 0 Å². The molecule has 3 heteroatoms. The Morgan fingerprint density at radius 2 is 1.40 bits per heavy atom. The molecule has 2 aromatic carbocycles. The molecular formula is C22H22N2O. The Balaban J connectivity index is 1.72. The van der Waals surface area contributed by atoms with E-state index < -0.39 is 0 Å². The molecular weight excluding hydrogens is 308 g/mol. The number of benzene rings is 2. The molecule has 0 aliphatic carbocycles. The summed E-state index contributed by atoms with van der Waals surface area (Å²) in [5.74, 6) is 0. The molecule has 25 heavy (non-hydrogen) atoms. The Morgan fingerprint density at radius 3 is 2.00 bits per heavy atom. The summed E-state index contributed by atoms with van der Waals surface area (Å²) in [6.07, 6.45) is 3.75. The van der Waals surface area contributed by atoms with Gasteiger partial charge in [-0.05, 0) is 28.8 Å². The maximum Gasteiger partial charge on any atom is 0.0660 e. The van der Waals surface area contributed by atoms with E-state index in [0.29, 0.717) is 18.7 Å². The van der Waals surface area contributed by atoms with Gasteiger partial charge in [-0.3, -0.25) is 9.88 Å². The standard InChI is InChI=1S/C22H22N2O/c1-25-16-20(17-8-4-2-5-9-17)24-21(18-10-6-3-7-11-18)22(24)19-12-14-23-15-13-19/h2-15,20-22H,16H2,1H3/t20-,21+,22+,24?/m0/s1. The van der Waals surface area contributed by atoms with Crippen molar-refractivity contribution >= 4 is 0 Å². The van der Waals surface area contributed by atoms with Crippen molar-refractivity contribution in [1.29, 1.82) is 0 Å². The molecule has 1 aromatic heterocycles. The second kappa shape index (κ2) is 7.18. The molecule has 3 aromatic rings. The van der Waals surface area contributed by atoms with E-state index in [4.69, 9.17) is 4.74 Å². The minimum Gasteiger partial charge on any atom is -0.383 e. The number of nitrogens with zero attached hydrogens (tertiary/aromatic N) is 2. The van der Waals surface area contributed by atoms with E-state index in [2.05, 4.69) is 82.7 Å². The minimum atomic E-state index is 0.231.